The van der Waals surface area contributed by atoms with Crippen LogP contribution in [-0.2, 0) is 11.3 Å². The van der Waals surface area contributed by atoms with Crippen LogP contribution >= 0.6 is 0 Å². The highest BCUT2D eigenvalue weighted by molar-refractivity contribution is 5.82. The lowest BCUT2D eigenvalue weighted by Crippen LogP contribution is -2.49. The van der Waals surface area contributed by atoms with Crippen LogP contribution in [0.25, 0.3) is 0 Å². The number of hydrogen-bond donors (Lipinski definition) is 2. The second kappa shape index (κ2) is 8.99. The number of pyridine rings is 1. The number of piperidine rings is 1. The molecule has 0 saturated carbocycles. The Morgan fingerprint density at radius 3 is 2.70 bits per heavy atom. The lowest BCUT2D eigenvalue weighted by Gasteiger charge is -2.34. The van der Waals surface area contributed by atoms with Crippen LogP contribution in [0.5, 0.6) is 0 Å². The van der Waals surface area contributed by atoms with Crippen molar-refractivity contribution in [2.24, 2.45) is 11.8 Å². The molecule has 128 valence electrons. The Morgan fingerprint density at radius 2 is 2.13 bits per heavy atom. The number of likely N-dealkylation sites (tertiary alicyclic amines) is 1. The van der Waals surface area contributed by atoms with Gasteiger partial charge in [0.25, 0.3) is 0 Å². The Bertz CT molecular complexity index is 470. The highest BCUT2D eigenvalue weighted by Crippen LogP contribution is 2.18. The first-order chi connectivity index (χ1) is 11.1. The molecule has 2 rings (SSSR count). The molecule has 0 radical (unpaired) electrons. The fraction of sp³-hybridized carbons (Fsp3) is 0.667. The normalized spacial score (nSPS) is 17.5. The molecular weight excluding hydrogens is 290 g/mol. The molecule has 5 nitrogen and oxygen atoms in total. The van der Waals surface area contributed by atoms with Crippen molar-refractivity contribution in [1.82, 2.24) is 15.2 Å². The molecule has 1 unspecified atom stereocenters. The third-order valence-corrected chi connectivity index (χ3v) is 4.45. The molecular formula is C18H29N3O2. The number of aliphatic hydroxyl groups is 1. The van der Waals surface area contributed by atoms with Crippen molar-refractivity contribution in [3.63, 3.8) is 0 Å². The van der Waals surface area contributed by atoms with E-state index >= 15 is 0 Å². The molecule has 1 fully saturated rings. The maximum atomic E-state index is 12.8. The van der Waals surface area contributed by atoms with Crippen LogP contribution in [0.2, 0.25) is 0 Å². The van der Waals surface area contributed by atoms with Gasteiger partial charge in [0.1, 0.15) is 0 Å². The van der Waals surface area contributed by atoms with E-state index in [2.05, 4.69) is 24.1 Å². The van der Waals surface area contributed by atoms with Crippen LogP contribution < -0.4 is 5.32 Å². The number of nitrogens with one attached hydrogen (secondary N) is 1. The first-order valence-electron chi connectivity index (χ1n) is 8.63. The molecule has 5 heteroatoms. The van der Waals surface area contributed by atoms with Crippen LogP contribution in [0.4, 0.5) is 0 Å². The van der Waals surface area contributed by atoms with E-state index in [0.29, 0.717) is 18.4 Å². The molecule has 1 amide bonds. The van der Waals surface area contributed by atoms with Crippen molar-refractivity contribution < 1.29 is 9.90 Å². The summed E-state index contributed by atoms with van der Waals surface area (Å²) in [4.78, 5) is 19.1. The molecule has 1 aliphatic rings. The number of hydrogen-bond acceptors (Lipinski definition) is 4. The number of carbonyl (C=O) groups excluding carboxylic acids is 1. The van der Waals surface area contributed by atoms with E-state index in [1.807, 2.05) is 23.1 Å². The van der Waals surface area contributed by atoms with Crippen LogP contribution in [-0.4, -0.2) is 46.6 Å². The summed E-state index contributed by atoms with van der Waals surface area (Å²) in [6.45, 7) is 6.63. The third kappa shape index (κ3) is 5.59. The summed E-state index contributed by atoms with van der Waals surface area (Å²) in [7, 11) is 0. The maximum Gasteiger partial charge on any atom is 0.239 e. The second-order valence-corrected chi connectivity index (χ2v) is 6.84. The highest BCUT2D eigenvalue weighted by Gasteiger charge is 2.28. The number of carbonyl (C=O) groups is 1. The van der Waals surface area contributed by atoms with E-state index in [0.717, 1.165) is 38.0 Å². The monoisotopic (exact) mass is 319 g/mol. The molecule has 0 aliphatic carbocycles. The van der Waals surface area contributed by atoms with Crippen molar-refractivity contribution in [1.29, 1.82) is 0 Å². The number of aromatic nitrogens is 1. The van der Waals surface area contributed by atoms with Crippen LogP contribution in [0, 0.1) is 11.8 Å². The largest absolute Gasteiger partial charge is 0.396 e. The quantitative estimate of drug-likeness (QED) is 0.804. The van der Waals surface area contributed by atoms with Gasteiger partial charge < -0.3 is 15.3 Å². The van der Waals surface area contributed by atoms with Crippen molar-refractivity contribution in [2.45, 2.75) is 45.7 Å². The molecule has 1 aromatic heterocycles. The standard InChI is InChI=1S/C18H29N3O2/c1-14(2)11-17(20-12-16-5-3-4-8-19-16)18(23)21-9-6-15(13-22)7-10-21/h3-5,8,14-15,17,20,22H,6-7,9-13H2,1-2H3. The lowest BCUT2D eigenvalue weighted by atomic mass is 9.96. The summed E-state index contributed by atoms with van der Waals surface area (Å²) in [5.74, 6) is 0.991. The minimum absolute atomic E-state index is 0.164. The Labute approximate surface area is 139 Å². The van der Waals surface area contributed by atoms with Gasteiger partial charge in [0.05, 0.1) is 11.7 Å². The summed E-state index contributed by atoms with van der Waals surface area (Å²) in [6.07, 6.45) is 4.40. The average Bonchev–Trinajstić information content (AvgIpc) is 2.58. The van der Waals surface area contributed by atoms with Gasteiger partial charge in [-0.3, -0.25) is 9.78 Å². The summed E-state index contributed by atoms with van der Waals surface area (Å²) in [6, 6.07) is 5.66. The van der Waals surface area contributed by atoms with Crippen LogP contribution in [0.3, 0.4) is 0 Å². The molecule has 23 heavy (non-hydrogen) atoms. The Morgan fingerprint density at radius 1 is 1.39 bits per heavy atom. The first-order valence-corrected chi connectivity index (χ1v) is 8.63. The summed E-state index contributed by atoms with van der Waals surface area (Å²) in [5.41, 5.74) is 0.952. The maximum absolute atomic E-state index is 12.8. The van der Waals surface area contributed by atoms with Gasteiger partial charge in [0.15, 0.2) is 0 Å². The van der Waals surface area contributed by atoms with Gasteiger partial charge >= 0.3 is 0 Å². The topological polar surface area (TPSA) is 65.5 Å². The van der Waals surface area contributed by atoms with Crippen LogP contribution in [0.1, 0.15) is 38.8 Å². The van der Waals surface area contributed by atoms with Gasteiger partial charge in [0, 0.05) is 32.4 Å². The zero-order valence-electron chi connectivity index (χ0n) is 14.2. The minimum Gasteiger partial charge on any atom is -0.396 e. The minimum atomic E-state index is -0.164. The summed E-state index contributed by atoms with van der Waals surface area (Å²) < 4.78 is 0. The number of rotatable bonds is 7. The fourth-order valence-electron chi connectivity index (χ4n) is 3.03. The lowest BCUT2D eigenvalue weighted by molar-refractivity contribution is -0.135. The first kappa shape index (κ1) is 17.9. The number of nitrogens with zero attached hydrogens (tertiary/aromatic N) is 2. The van der Waals surface area contributed by atoms with E-state index < -0.39 is 0 Å². The van der Waals surface area contributed by atoms with E-state index in [4.69, 9.17) is 0 Å². The zero-order valence-corrected chi connectivity index (χ0v) is 14.2. The van der Waals surface area contributed by atoms with E-state index in [9.17, 15) is 9.90 Å². The molecule has 2 heterocycles. The SMILES string of the molecule is CC(C)CC(NCc1ccccn1)C(=O)N1CCC(CO)CC1. The van der Waals surface area contributed by atoms with Gasteiger partial charge in [-0.25, -0.2) is 0 Å². The molecule has 0 bridgehead atoms. The van der Waals surface area contributed by atoms with Gasteiger partial charge in [-0.1, -0.05) is 19.9 Å². The third-order valence-electron chi connectivity index (χ3n) is 4.45. The van der Waals surface area contributed by atoms with Gasteiger partial charge in [-0.05, 0) is 43.2 Å². The zero-order chi connectivity index (χ0) is 16.7. The van der Waals surface area contributed by atoms with Gasteiger partial charge in [0.2, 0.25) is 5.91 Å². The number of amides is 1. The molecule has 1 saturated heterocycles. The van der Waals surface area contributed by atoms with Crippen molar-refractivity contribution in [3.05, 3.63) is 30.1 Å². The molecule has 1 aliphatic heterocycles. The fourth-order valence-corrected chi connectivity index (χ4v) is 3.03. The van der Waals surface area contributed by atoms with Gasteiger partial charge in [-0.15, -0.1) is 0 Å². The van der Waals surface area contributed by atoms with Gasteiger partial charge in [-0.2, -0.15) is 0 Å². The Hall–Kier alpha value is -1.46. The molecule has 0 aromatic carbocycles. The Balaban J connectivity index is 1.92. The molecule has 1 aromatic rings. The molecule has 1 atom stereocenters. The Kier molecular flexibility index (Phi) is 6.99. The summed E-state index contributed by atoms with van der Waals surface area (Å²) in [5, 5.41) is 12.6. The van der Waals surface area contributed by atoms with E-state index in [1.165, 1.54) is 0 Å². The molecule has 0 spiro atoms. The van der Waals surface area contributed by atoms with Crippen molar-refractivity contribution in [3.8, 4) is 0 Å². The predicted octanol–water partition coefficient (Wildman–Crippen LogP) is 1.82. The highest BCUT2D eigenvalue weighted by atomic mass is 16.3. The smallest absolute Gasteiger partial charge is 0.239 e. The average molecular weight is 319 g/mol. The second-order valence-electron chi connectivity index (χ2n) is 6.84. The van der Waals surface area contributed by atoms with E-state index in [1.54, 1.807) is 6.20 Å². The molecule has 2 N–H and O–H groups in total. The summed E-state index contributed by atoms with van der Waals surface area (Å²) >= 11 is 0. The van der Waals surface area contributed by atoms with Crippen LogP contribution in [0.15, 0.2) is 24.4 Å². The van der Waals surface area contributed by atoms with E-state index in [-0.39, 0.29) is 18.6 Å². The number of aliphatic hydroxyl groups excluding tert-OH is 1. The van der Waals surface area contributed by atoms with Crippen molar-refractivity contribution >= 4 is 5.91 Å². The van der Waals surface area contributed by atoms with Crippen molar-refractivity contribution in [2.75, 3.05) is 19.7 Å². The predicted molar refractivity (Wildman–Crippen MR) is 90.7 cm³/mol.